The fourth-order valence-electron chi connectivity index (χ4n) is 2.58. The van der Waals surface area contributed by atoms with Crippen LogP contribution in [0, 0.1) is 6.92 Å². The van der Waals surface area contributed by atoms with Crippen molar-refractivity contribution in [3.63, 3.8) is 0 Å². The lowest BCUT2D eigenvalue weighted by molar-refractivity contribution is 0.380. The summed E-state index contributed by atoms with van der Waals surface area (Å²) in [6.45, 7) is 5.48. The summed E-state index contributed by atoms with van der Waals surface area (Å²) in [6, 6.07) is 5.39. The number of nitrogens with zero attached hydrogens (tertiary/aromatic N) is 2. The number of aryl methyl sites for hydroxylation is 1. The highest BCUT2D eigenvalue weighted by atomic mass is 15.2. The van der Waals surface area contributed by atoms with Crippen molar-refractivity contribution in [2.24, 2.45) is 0 Å². The van der Waals surface area contributed by atoms with Gasteiger partial charge in [-0.2, -0.15) is 0 Å². The zero-order chi connectivity index (χ0) is 12.3. The van der Waals surface area contributed by atoms with Crippen LogP contribution in [0.3, 0.4) is 0 Å². The van der Waals surface area contributed by atoms with Crippen LogP contribution in [0.4, 0.5) is 5.82 Å². The predicted molar refractivity (Wildman–Crippen MR) is 72.5 cm³/mol. The summed E-state index contributed by atoms with van der Waals surface area (Å²) in [5.74, 6) is 1.13. The molecule has 3 nitrogen and oxygen atoms in total. The summed E-state index contributed by atoms with van der Waals surface area (Å²) >= 11 is 0. The third kappa shape index (κ3) is 2.78. The number of anilines is 1. The first-order chi connectivity index (χ1) is 8.22. The van der Waals surface area contributed by atoms with Gasteiger partial charge >= 0.3 is 0 Å². The van der Waals surface area contributed by atoms with Gasteiger partial charge in [-0.1, -0.05) is 6.07 Å². The van der Waals surface area contributed by atoms with Crippen LogP contribution < -0.4 is 10.2 Å². The Morgan fingerprint density at radius 3 is 2.88 bits per heavy atom. The Morgan fingerprint density at radius 2 is 2.24 bits per heavy atom. The van der Waals surface area contributed by atoms with Crippen LogP contribution >= 0.6 is 0 Å². The molecule has 0 saturated carbocycles. The lowest BCUT2D eigenvalue weighted by Gasteiger charge is -2.40. The van der Waals surface area contributed by atoms with Gasteiger partial charge in [0.1, 0.15) is 5.82 Å². The van der Waals surface area contributed by atoms with Crippen LogP contribution in [0.25, 0.3) is 0 Å². The van der Waals surface area contributed by atoms with E-state index in [0.29, 0.717) is 12.1 Å². The smallest absolute Gasteiger partial charge is 0.128 e. The SMILES string of the molecule is CNC(C)C1CCCCN1c1ccc(C)cn1. The average molecular weight is 233 g/mol. The van der Waals surface area contributed by atoms with E-state index in [0.717, 1.165) is 12.4 Å². The number of aromatic nitrogens is 1. The molecule has 2 rings (SSSR count). The van der Waals surface area contributed by atoms with Crippen molar-refractivity contribution < 1.29 is 0 Å². The van der Waals surface area contributed by atoms with Gasteiger partial charge in [0.25, 0.3) is 0 Å². The van der Waals surface area contributed by atoms with E-state index in [4.69, 9.17) is 0 Å². The van der Waals surface area contributed by atoms with Crippen LogP contribution in [0.5, 0.6) is 0 Å². The summed E-state index contributed by atoms with van der Waals surface area (Å²) in [5.41, 5.74) is 1.23. The summed E-state index contributed by atoms with van der Waals surface area (Å²) in [5, 5.41) is 3.38. The standard InChI is InChI=1S/C14H23N3/c1-11-7-8-14(16-10-11)17-9-5-4-6-13(17)12(2)15-3/h7-8,10,12-13,15H,4-6,9H2,1-3H3. The number of likely N-dealkylation sites (N-methyl/N-ethyl adjacent to an activating group) is 1. The minimum Gasteiger partial charge on any atom is -0.352 e. The van der Waals surface area contributed by atoms with E-state index in [1.54, 1.807) is 0 Å². The van der Waals surface area contributed by atoms with Crippen LogP contribution in [0.15, 0.2) is 18.3 Å². The highest BCUT2D eigenvalue weighted by molar-refractivity contribution is 5.41. The quantitative estimate of drug-likeness (QED) is 0.868. The van der Waals surface area contributed by atoms with Gasteiger partial charge in [-0.25, -0.2) is 4.98 Å². The number of rotatable bonds is 3. The lowest BCUT2D eigenvalue weighted by Crippen LogP contribution is -2.50. The highest BCUT2D eigenvalue weighted by Crippen LogP contribution is 2.25. The van der Waals surface area contributed by atoms with Crippen LogP contribution in [-0.4, -0.2) is 30.7 Å². The van der Waals surface area contributed by atoms with Crippen molar-refractivity contribution in [1.82, 2.24) is 10.3 Å². The van der Waals surface area contributed by atoms with Gasteiger partial charge < -0.3 is 10.2 Å². The van der Waals surface area contributed by atoms with Gasteiger partial charge in [0.2, 0.25) is 0 Å². The zero-order valence-electron chi connectivity index (χ0n) is 11.1. The Kier molecular flexibility index (Phi) is 4.00. The molecule has 2 heterocycles. The summed E-state index contributed by atoms with van der Waals surface area (Å²) in [7, 11) is 2.04. The van der Waals surface area contributed by atoms with E-state index >= 15 is 0 Å². The summed E-state index contributed by atoms with van der Waals surface area (Å²) < 4.78 is 0. The number of hydrogen-bond acceptors (Lipinski definition) is 3. The van der Waals surface area contributed by atoms with Crippen molar-refractivity contribution in [3.05, 3.63) is 23.9 Å². The van der Waals surface area contributed by atoms with E-state index in [9.17, 15) is 0 Å². The maximum absolute atomic E-state index is 4.57. The highest BCUT2D eigenvalue weighted by Gasteiger charge is 2.27. The Labute approximate surface area is 104 Å². The molecular formula is C14H23N3. The topological polar surface area (TPSA) is 28.2 Å². The van der Waals surface area contributed by atoms with Crippen molar-refractivity contribution in [1.29, 1.82) is 0 Å². The fourth-order valence-corrected chi connectivity index (χ4v) is 2.58. The van der Waals surface area contributed by atoms with Crippen molar-refractivity contribution in [2.75, 3.05) is 18.5 Å². The van der Waals surface area contributed by atoms with Gasteiger partial charge in [0.15, 0.2) is 0 Å². The van der Waals surface area contributed by atoms with Crippen molar-refractivity contribution in [3.8, 4) is 0 Å². The molecule has 0 amide bonds. The van der Waals surface area contributed by atoms with Crippen molar-refractivity contribution in [2.45, 2.75) is 45.2 Å². The van der Waals surface area contributed by atoms with E-state index in [1.165, 1.54) is 24.8 Å². The Bertz CT molecular complexity index is 347. The third-order valence-electron chi connectivity index (χ3n) is 3.77. The third-order valence-corrected chi connectivity index (χ3v) is 3.77. The number of piperidine rings is 1. The average Bonchev–Trinajstić information content (AvgIpc) is 2.39. The zero-order valence-corrected chi connectivity index (χ0v) is 11.1. The second-order valence-corrected chi connectivity index (χ2v) is 5.03. The van der Waals surface area contributed by atoms with Gasteiger partial charge in [-0.3, -0.25) is 0 Å². The largest absolute Gasteiger partial charge is 0.352 e. The van der Waals surface area contributed by atoms with E-state index in [1.807, 2.05) is 13.2 Å². The van der Waals surface area contributed by atoms with Gasteiger partial charge in [0, 0.05) is 24.8 Å². The van der Waals surface area contributed by atoms with Crippen LogP contribution in [0.2, 0.25) is 0 Å². The molecule has 1 saturated heterocycles. The Hall–Kier alpha value is -1.09. The van der Waals surface area contributed by atoms with Gasteiger partial charge in [0.05, 0.1) is 0 Å². The molecule has 17 heavy (non-hydrogen) atoms. The molecule has 2 unspecified atom stereocenters. The molecule has 0 aromatic carbocycles. The van der Waals surface area contributed by atoms with E-state index < -0.39 is 0 Å². The maximum atomic E-state index is 4.57. The normalized spacial score (nSPS) is 22.5. The van der Waals surface area contributed by atoms with Gasteiger partial charge in [-0.05, 0) is 51.8 Å². The Morgan fingerprint density at radius 1 is 1.41 bits per heavy atom. The molecule has 0 bridgehead atoms. The van der Waals surface area contributed by atoms with Crippen LogP contribution in [-0.2, 0) is 0 Å². The minimum atomic E-state index is 0.512. The molecule has 0 spiro atoms. The number of nitrogens with one attached hydrogen (secondary N) is 1. The molecule has 1 aromatic rings. The minimum absolute atomic E-state index is 0.512. The number of hydrogen-bond donors (Lipinski definition) is 1. The molecule has 1 N–H and O–H groups in total. The summed E-state index contributed by atoms with van der Waals surface area (Å²) in [6.07, 6.45) is 5.84. The molecule has 1 aliphatic rings. The molecule has 1 fully saturated rings. The monoisotopic (exact) mass is 233 g/mol. The predicted octanol–water partition coefficient (Wildman–Crippen LogP) is 2.36. The summed E-state index contributed by atoms with van der Waals surface area (Å²) in [4.78, 5) is 7.03. The first kappa shape index (κ1) is 12.4. The fraction of sp³-hybridized carbons (Fsp3) is 0.643. The molecule has 2 atom stereocenters. The molecular weight excluding hydrogens is 210 g/mol. The second-order valence-electron chi connectivity index (χ2n) is 5.03. The Balaban J connectivity index is 2.18. The lowest BCUT2D eigenvalue weighted by atomic mass is 9.96. The maximum Gasteiger partial charge on any atom is 0.128 e. The van der Waals surface area contributed by atoms with Gasteiger partial charge in [-0.15, -0.1) is 0 Å². The molecule has 94 valence electrons. The molecule has 1 aromatic heterocycles. The first-order valence-corrected chi connectivity index (χ1v) is 6.59. The molecule has 3 heteroatoms. The molecule has 0 aliphatic carbocycles. The van der Waals surface area contributed by atoms with E-state index in [2.05, 4.69) is 41.2 Å². The second kappa shape index (κ2) is 5.50. The van der Waals surface area contributed by atoms with Crippen molar-refractivity contribution >= 4 is 5.82 Å². The first-order valence-electron chi connectivity index (χ1n) is 6.59. The van der Waals surface area contributed by atoms with E-state index in [-0.39, 0.29) is 0 Å². The molecule has 1 aliphatic heterocycles. The molecule has 0 radical (unpaired) electrons. The van der Waals surface area contributed by atoms with Crippen LogP contribution in [0.1, 0.15) is 31.7 Å². The number of pyridine rings is 1.